The van der Waals surface area contributed by atoms with Gasteiger partial charge < -0.3 is 19.3 Å². The molecule has 7 nitrogen and oxygen atoms in total. The number of aromatic nitrogens is 3. The molecule has 1 aromatic heterocycles. The number of hydrogen-bond acceptors (Lipinski definition) is 6. The van der Waals surface area contributed by atoms with E-state index in [1.807, 2.05) is 50.4 Å². The number of alkyl halides is 1. The van der Waals surface area contributed by atoms with Crippen molar-refractivity contribution in [2.45, 2.75) is 63.1 Å². The Kier molecular flexibility index (Phi) is 4.98. The van der Waals surface area contributed by atoms with Crippen molar-refractivity contribution in [3.63, 3.8) is 0 Å². The Morgan fingerprint density at radius 3 is 2.74 bits per heavy atom. The summed E-state index contributed by atoms with van der Waals surface area (Å²) in [7, 11) is 0. The number of ether oxygens (including phenoxy) is 3. The van der Waals surface area contributed by atoms with Gasteiger partial charge in [-0.05, 0) is 32.3 Å². The molecule has 8 heteroatoms. The monoisotopic (exact) mass is 393 g/mol. The van der Waals surface area contributed by atoms with Crippen LogP contribution in [-0.4, -0.2) is 50.3 Å². The highest BCUT2D eigenvalue weighted by Gasteiger charge is 2.63. The second-order valence-corrected chi connectivity index (χ2v) is 7.84. The van der Waals surface area contributed by atoms with E-state index >= 15 is 0 Å². The van der Waals surface area contributed by atoms with Crippen LogP contribution in [0.4, 0.5) is 0 Å². The number of rotatable bonds is 6. The Labute approximate surface area is 163 Å². The van der Waals surface area contributed by atoms with Gasteiger partial charge in [0.2, 0.25) is 0 Å². The fraction of sp³-hybridized carbons (Fsp3) is 0.579. The van der Waals surface area contributed by atoms with Crippen LogP contribution >= 0.6 is 11.6 Å². The van der Waals surface area contributed by atoms with Gasteiger partial charge in [0.1, 0.15) is 17.8 Å². The van der Waals surface area contributed by atoms with Crippen molar-refractivity contribution in [2.24, 2.45) is 0 Å². The molecule has 146 valence electrons. The molecule has 0 spiro atoms. The molecule has 0 bridgehead atoms. The van der Waals surface area contributed by atoms with Gasteiger partial charge in [-0.3, -0.25) is 0 Å². The van der Waals surface area contributed by atoms with E-state index in [9.17, 15) is 5.11 Å². The van der Waals surface area contributed by atoms with Crippen LogP contribution in [0.15, 0.2) is 36.5 Å². The second kappa shape index (κ2) is 7.14. The lowest BCUT2D eigenvalue weighted by molar-refractivity contribution is -0.233. The average molecular weight is 394 g/mol. The van der Waals surface area contributed by atoms with Crippen LogP contribution in [0.1, 0.15) is 31.5 Å². The van der Waals surface area contributed by atoms with Crippen molar-refractivity contribution in [2.75, 3.05) is 5.88 Å². The van der Waals surface area contributed by atoms with Crippen molar-refractivity contribution in [3.05, 3.63) is 47.8 Å². The normalized spacial score (nSPS) is 31.9. The van der Waals surface area contributed by atoms with Crippen LogP contribution in [-0.2, 0) is 32.8 Å². The SMILES string of the molecule is CC1(C)O[C@H]2O[C@H](Cn3cc(CCCCl)nn3)[C@](O)(c3ccccc3)[C@H]2O1. The predicted octanol–water partition coefficient (Wildman–Crippen LogP) is 2.21. The minimum atomic E-state index is -1.36. The van der Waals surface area contributed by atoms with E-state index in [4.69, 9.17) is 25.8 Å². The first kappa shape index (κ1) is 18.8. The molecule has 2 saturated heterocycles. The molecule has 0 amide bonds. The molecular formula is C19H24ClN3O4. The Bertz CT molecular complexity index is 784. The average Bonchev–Trinajstić information content (AvgIpc) is 3.29. The molecule has 2 fully saturated rings. The molecule has 1 N–H and O–H groups in total. The maximum atomic E-state index is 11.7. The number of fused-ring (bicyclic) bond motifs is 1. The second-order valence-electron chi connectivity index (χ2n) is 7.47. The highest BCUT2D eigenvalue weighted by Crippen LogP contribution is 2.48. The zero-order valence-corrected chi connectivity index (χ0v) is 16.2. The minimum absolute atomic E-state index is 0.333. The summed E-state index contributed by atoms with van der Waals surface area (Å²) in [5, 5.41) is 20.1. The van der Waals surface area contributed by atoms with Crippen molar-refractivity contribution < 1.29 is 19.3 Å². The van der Waals surface area contributed by atoms with Crippen molar-refractivity contribution in [3.8, 4) is 0 Å². The third kappa shape index (κ3) is 3.50. The van der Waals surface area contributed by atoms with Crippen molar-refractivity contribution in [1.29, 1.82) is 0 Å². The lowest BCUT2D eigenvalue weighted by atomic mass is 9.84. The van der Waals surface area contributed by atoms with Crippen LogP contribution < -0.4 is 0 Å². The van der Waals surface area contributed by atoms with Crippen LogP contribution in [0.3, 0.4) is 0 Å². The van der Waals surface area contributed by atoms with E-state index < -0.39 is 29.9 Å². The molecule has 0 saturated carbocycles. The number of hydrogen-bond donors (Lipinski definition) is 1. The first-order valence-electron chi connectivity index (χ1n) is 9.16. The van der Waals surface area contributed by atoms with Gasteiger partial charge in [0, 0.05) is 12.1 Å². The smallest absolute Gasteiger partial charge is 0.191 e. The van der Waals surface area contributed by atoms with Crippen molar-refractivity contribution in [1.82, 2.24) is 15.0 Å². The first-order valence-corrected chi connectivity index (χ1v) is 9.70. The summed E-state index contributed by atoms with van der Waals surface area (Å²) < 4.78 is 19.6. The van der Waals surface area contributed by atoms with Crippen LogP contribution in [0.2, 0.25) is 0 Å². The topological polar surface area (TPSA) is 78.6 Å². The Morgan fingerprint density at radius 1 is 1.22 bits per heavy atom. The lowest BCUT2D eigenvalue weighted by Gasteiger charge is -2.34. The summed E-state index contributed by atoms with van der Waals surface area (Å²) in [6.45, 7) is 3.96. The zero-order valence-electron chi connectivity index (χ0n) is 15.4. The van der Waals surface area contributed by atoms with Gasteiger partial charge in [0.15, 0.2) is 12.1 Å². The number of halogens is 1. The Morgan fingerprint density at radius 2 is 2.00 bits per heavy atom. The quantitative estimate of drug-likeness (QED) is 0.758. The van der Waals surface area contributed by atoms with E-state index in [0.717, 1.165) is 24.1 Å². The van der Waals surface area contributed by atoms with E-state index in [2.05, 4.69) is 10.3 Å². The van der Waals surface area contributed by atoms with Gasteiger partial charge in [0.05, 0.1) is 12.2 Å². The van der Waals surface area contributed by atoms with E-state index in [1.54, 1.807) is 4.68 Å². The van der Waals surface area contributed by atoms with Gasteiger partial charge in [-0.25, -0.2) is 4.68 Å². The molecule has 0 unspecified atom stereocenters. The van der Waals surface area contributed by atoms with Crippen LogP contribution in [0.5, 0.6) is 0 Å². The van der Waals surface area contributed by atoms with Crippen LogP contribution in [0, 0.1) is 0 Å². The highest BCUT2D eigenvalue weighted by atomic mass is 35.5. The molecule has 2 aliphatic rings. The Hall–Kier alpha value is -1.51. The van der Waals surface area contributed by atoms with Gasteiger partial charge in [-0.2, -0.15) is 0 Å². The molecular weight excluding hydrogens is 370 g/mol. The molecule has 2 aliphatic heterocycles. The third-order valence-electron chi connectivity index (χ3n) is 5.02. The number of nitrogens with zero attached hydrogens (tertiary/aromatic N) is 3. The third-order valence-corrected chi connectivity index (χ3v) is 5.29. The van der Waals surface area contributed by atoms with Gasteiger partial charge in [0.25, 0.3) is 0 Å². The summed E-state index contributed by atoms with van der Waals surface area (Å²) in [5.41, 5.74) is 0.235. The predicted molar refractivity (Wildman–Crippen MR) is 98.1 cm³/mol. The minimum Gasteiger partial charge on any atom is -0.379 e. The van der Waals surface area contributed by atoms with Gasteiger partial charge in [-0.1, -0.05) is 35.5 Å². The van der Waals surface area contributed by atoms with Crippen LogP contribution in [0.25, 0.3) is 0 Å². The maximum absolute atomic E-state index is 11.7. The van der Waals surface area contributed by atoms with Gasteiger partial charge in [-0.15, -0.1) is 16.7 Å². The summed E-state index contributed by atoms with van der Waals surface area (Å²) >= 11 is 5.74. The number of aliphatic hydroxyl groups is 1. The van der Waals surface area contributed by atoms with E-state index in [1.165, 1.54) is 0 Å². The molecule has 0 aliphatic carbocycles. The summed E-state index contributed by atoms with van der Waals surface area (Å²) in [6.07, 6.45) is 1.61. The summed E-state index contributed by atoms with van der Waals surface area (Å²) in [6, 6.07) is 9.43. The standard InChI is InChI=1S/C19H24ClN3O4/c1-18(2)26-16-17(27-18)25-15(19(16,24)13-7-4-3-5-8-13)12-23-11-14(21-22-23)9-6-10-20/h3-5,7-8,11,15-17,24H,6,9-10,12H2,1-2H3/t15-,16+,17-,19-/m1/s1. The number of benzene rings is 1. The maximum Gasteiger partial charge on any atom is 0.191 e. The first-order chi connectivity index (χ1) is 12.9. The van der Waals surface area contributed by atoms with E-state index in [-0.39, 0.29) is 0 Å². The molecule has 4 atom stereocenters. The molecule has 4 rings (SSSR count). The molecule has 3 heterocycles. The molecule has 1 aromatic carbocycles. The largest absolute Gasteiger partial charge is 0.379 e. The van der Waals surface area contributed by atoms with Gasteiger partial charge >= 0.3 is 0 Å². The summed E-state index contributed by atoms with van der Waals surface area (Å²) in [5.74, 6) is -0.231. The summed E-state index contributed by atoms with van der Waals surface area (Å²) in [4.78, 5) is 0. The fourth-order valence-electron chi connectivity index (χ4n) is 3.77. The van der Waals surface area contributed by atoms with Crippen molar-refractivity contribution >= 4 is 11.6 Å². The highest BCUT2D eigenvalue weighted by molar-refractivity contribution is 6.17. The lowest BCUT2D eigenvalue weighted by Crippen LogP contribution is -2.47. The molecule has 0 radical (unpaired) electrons. The fourth-order valence-corrected chi connectivity index (χ4v) is 3.91. The molecule has 27 heavy (non-hydrogen) atoms. The zero-order chi connectivity index (χ0) is 19.1. The Balaban J connectivity index is 1.61. The molecule has 2 aromatic rings. The van der Waals surface area contributed by atoms with E-state index in [0.29, 0.717) is 12.4 Å². The number of aryl methyl sites for hydroxylation is 1.